The van der Waals surface area contributed by atoms with Gasteiger partial charge in [0.2, 0.25) is 0 Å². The molecular weight excluding hydrogens is 586 g/mol. The number of halogens is 2. The summed E-state index contributed by atoms with van der Waals surface area (Å²) < 4.78 is 4.78. The predicted molar refractivity (Wildman–Crippen MR) is 137 cm³/mol. The summed E-state index contributed by atoms with van der Waals surface area (Å²) in [6.07, 6.45) is 7.73. The largest absolute Gasteiger partial charge is 0.147 e. The summed E-state index contributed by atoms with van der Waals surface area (Å²) in [5.74, 6) is 1.48. The topological polar surface area (TPSA) is 0 Å². The molecule has 166 valence electrons. The molecule has 1 saturated heterocycles. The first kappa shape index (κ1) is 25.0. The molecule has 0 bridgehead atoms. The van der Waals surface area contributed by atoms with Crippen LogP contribution in [0.2, 0.25) is 8.35 Å². The molecule has 5 rings (SSSR count). The summed E-state index contributed by atoms with van der Waals surface area (Å²) in [5.41, 5.74) is 10.0. The zero-order chi connectivity index (χ0) is 20.2. The van der Waals surface area contributed by atoms with Crippen molar-refractivity contribution in [1.82, 2.24) is 0 Å². The number of fused-ring (bicyclic) bond motifs is 2. The molecule has 3 aliphatic rings. The van der Waals surface area contributed by atoms with Gasteiger partial charge in [-0.1, -0.05) is 0 Å². The van der Waals surface area contributed by atoms with Crippen LogP contribution in [0.4, 0.5) is 0 Å². The number of benzene rings is 2. The van der Waals surface area contributed by atoms with Crippen LogP contribution in [-0.2, 0) is 20.0 Å². The molecule has 0 N–H and O–H groups in total. The molecule has 2 atom stereocenters. The van der Waals surface area contributed by atoms with E-state index < -0.39 is 20.0 Å². The van der Waals surface area contributed by atoms with Crippen molar-refractivity contribution >= 4 is 37.0 Å². The van der Waals surface area contributed by atoms with Crippen LogP contribution >= 0.6 is 24.8 Å². The normalized spacial score (nSPS) is 22.3. The average Bonchev–Trinajstić information content (AvgIpc) is 3.23. The second kappa shape index (κ2) is 9.70. The maximum Gasteiger partial charge on any atom is -0.147 e. The van der Waals surface area contributed by atoms with E-state index in [-0.39, 0.29) is 24.8 Å². The van der Waals surface area contributed by atoms with Crippen molar-refractivity contribution in [1.29, 1.82) is 0 Å². The zero-order valence-corrected chi connectivity index (χ0v) is 24.5. The quantitative estimate of drug-likeness (QED) is 0.282. The van der Waals surface area contributed by atoms with Gasteiger partial charge < -0.3 is 0 Å². The van der Waals surface area contributed by atoms with Gasteiger partial charge in [0, 0.05) is 0 Å². The molecular formula is C28H36Cl2Hf. The van der Waals surface area contributed by atoms with Crippen molar-refractivity contribution in [3.05, 3.63) is 81.9 Å². The van der Waals surface area contributed by atoms with E-state index in [0.29, 0.717) is 0 Å². The van der Waals surface area contributed by atoms with Gasteiger partial charge in [-0.3, -0.25) is 0 Å². The van der Waals surface area contributed by atoms with Crippen molar-refractivity contribution < 1.29 is 20.0 Å². The van der Waals surface area contributed by atoms with Crippen LogP contribution < -0.4 is 0 Å². The van der Waals surface area contributed by atoms with Crippen molar-refractivity contribution in [2.24, 2.45) is 11.8 Å². The minimum absolute atomic E-state index is 0. The Bertz CT molecular complexity index is 920. The molecule has 2 unspecified atom stereocenters. The maximum absolute atomic E-state index is 2.60. The predicted octanol–water partition coefficient (Wildman–Crippen LogP) is 9.20. The summed E-state index contributed by atoms with van der Waals surface area (Å²) in [4.78, 5) is 0. The molecule has 0 spiro atoms. The number of rotatable bonds is 6. The van der Waals surface area contributed by atoms with E-state index in [9.17, 15) is 0 Å². The Labute approximate surface area is 205 Å². The van der Waals surface area contributed by atoms with E-state index in [2.05, 4.69) is 88.4 Å². The van der Waals surface area contributed by atoms with Gasteiger partial charge in [-0.25, -0.2) is 0 Å². The Balaban J connectivity index is 0.00000136. The van der Waals surface area contributed by atoms with E-state index in [1.54, 1.807) is 30.6 Å². The Morgan fingerprint density at radius 1 is 0.677 bits per heavy atom. The Morgan fingerprint density at radius 3 is 1.42 bits per heavy atom. The first-order valence-electron chi connectivity index (χ1n) is 11.6. The van der Waals surface area contributed by atoms with Crippen LogP contribution in [0, 0.1) is 11.8 Å². The third-order valence-corrected chi connectivity index (χ3v) is 26.4. The summed E-state index contributed by atoms with van der Waals surface area (Å²) in [6, 6.07) is 18.7. The first-order valence-corrected chi connectivity index (χ1v) is 20.8. The number of allylic oxidation sites excluding steroid dienone is 2. The van der Waals surface area contributed by atoms with E-state index in [1.807, 2.05) is 0 Å². The molecule has 0 saturated carbocycles. The van der Waals surface area contributed by atoms with Gasteiger partial charge in [-0.2, -0.15) is 0 Å². The number of hydrogen-bond acceptors (Lipinski definition) is 0. The van der Waals surface area contributed by atoms with Crippen LogP contribution in [0.1, 0.15) is 70.1 Å². The van der Waals surface area contributed by atoms with E-state index in [1.165, 1.54) is 24.0 Å². The van der Waals surface area contributed by atoms with Gasteiger partial charge in [0.25, 0.3) is 0 Å². The monoisotopic (exact) mass is 622 g/mol. The second-order valence-corrected chi connectivity index (χ2v) is 27.1. The molecule has 3 heteroatoms. The Hall–Kier alpha value is -0.630. The molecule has 0 radical (unpaired) electrons. The van der Waals surface area contributed by atoms with Crippen LogP contribution in [0.25, 0.3) is 12.2 Å². The van der Waals surface area contributed by atoms with Gasteiger partial charge in [-0.15, -0.1) is 24.8 Å². The van der Waals surface area contributed by atoms with Gasteiger partial charge >= 0.3 is 182 Å². The van der Waals surface area contributed by atoms with Crippen molar-refractivity contribution in [2.45, 2.75) is 56.2 Å². The smallest absolute Gasteiger partial charge is 0.147 e. The molecule has 2 aromatic rings. The van der Waals surface area contributed by atoms with Crippen molar-refractivity contribution in [3.8, 4) is 0 Å². The molecule has 0 amide bonds. The van der Waals surface area contributed by atoms with Gasteiger partial charge in [0.15, 0.2) is 0 Å². The van der Waals surface area contributed by atoms with E-state index in [0.717, 1.165) is 19.2 Å². The molecule has 1 heterocycles. The molecule has 0 nitrogen and oxygen atoms in total. The number of hydrogen-bond donors (Lipinski definition) is 0. The average molecular weight is 622 g/mol. The maximum atomic E-state index is 2.59. The van der Waals surface area contributed by atoms with Gasteiger partial charge in [0.05, 0.1) is 0 Å². The Morgan fingerprint density at radius 2 is 1.06 bits per heavy atom. The summed E-state index contributed by atoms with van der Waals surface area (Å²) >= 11 is -2.60. The zero-order valence-electron chi connectivity index (χ0n) is 19.2. The van der Waals surface area contributed by atoms with Crippen LogP contribution in [0.5, 0.6) is 0 Å². The molecule has 1 aliphatic heterocycles. The molecule has 0 aromatic heterocycles. The second-order valence-electron chi connectivity index (χ2n) is 10.5. The fraction of sp³-hybridized carbons (Fsp3) is 0.429. The van der Waals surface area contributed by atoms with Crippen molar-refractivity contribution in [3.63, 3.8) is 0 Å². The van der Waals surface area contributed by atoms with Gasteiger partial charge in [-0.05, 0) is 0 Å². The molecule has 31 heavy (non-hydrogen) atoms. The fourth-order valence-electron chi connectivity index (χ4n) is 6.32. The van der Waals surface area contributed by atoms with Gasteiger partial charge in [0.1, 0.15) is 0 Å². The van der Waals surface area contributed by atoms with Crippen LogP contribution in [-0.4, -0.2) is 0 Å². The van der Waals surface area contributed by atoms with Crippen LogP contribution in [0.3, 0.4) is 0 Å². The third kappa shape index (κ3) is 4.44. The first-order chi connectivity index (χ1) is 14.0. The minimum atomic E-state index is -2.60. The Kier molecular flexibility index (Phi) is 7.82. The molecule has 2 aromatic carbocycles. The van der Waals surface area contributed by atoms with E-state index >= 15 is 0 Å². The van der Waals surface area contributed by atoms with Crippen molar-refractivity contribution in [2.75, 3.05) is 0 Å². The SMILES string of the molecule is CC(C)CC1=Cc2ccccc2[CH]1[Hf]1([CH]2C(CC(C)C)=Cc3ccccc32)[CH2][CH2]1.Cl.Cl. The van der Waals surface area contributed by atoms with E-state index in [4.69, 9.17) is 0 Å². The summed E-state index contributed by atoms with van der Waals surface area (Å²) in [6.45, 7) is 9.58. The minimum Gasteiger partial charge on any atom is -0.147 e. The standard InChI is InChI=1S/2C13H15.C2H4.2ClH.Hf/c2*1-10(2)7-11-8-12-5-3-4-6-13(12)9-11;1-2;;;/h2*3-6,8-10H,7H2,1-2H3;1-2H2;2*1H;. The third-order valence-electron chi connectivity index (χ3n) is 7.30. The summed E-state index contributed by atoms with van der Waals surface area (Å²) in [5, 5.41) is 0. The molecule has 2 aliphatic carbocycles. The molecule has 1 fully saturated rings. The van der Waals surface area contributed by atoms with Crippen LogP contribution in [0.15, 0.2) is 59.7 Å². The fourth-order valence-corrected chi connectivity index (χ4v) is 34.3. The summed E-state index contributed by atoms with van der Waals surface area (Å²) in [7, 11) is 0.